The summed E-state index contributed by atoms with van der Waals surface area (Å²) in [6.45, 7) is 2.91. The lowest BCUT2D eigenvalue weighted by Gasteiger charge is -2.14. The monoisotopic (exact) mass is 296 g/mol. The van der Waals surface area contributed by atoms with Crippen LogP contribution in [0.5, 0.6) is 5.75 Å². The highest BCUT2D eigenvalue weighted by atomic mass is 16.4. The Morgan fingerprint density at radius 2 is 1.73 bits per heavy atom. The van der Waals surface area contributed by atoms with Crippen LogP contribution in [0.2, 0.25) is 0 Å². The summed E-state index contributed by atoms with van der Waals surface area (Å²) >= 11 is 0. The molecule has 0 amide bonds. The van der Waals surface area contributed by atoms with Crippen molar-refractivity contribution >= 4 is 21.7 Å². The molecule has 1 aromatic heterocycles. The summed E-state index contributed by atoms with van der Waals surface area (Å²) in [5.74, 6) is 0.213. The van der Waals surface area contributed by atoms with Gasteiger partial charge in [0, 0.05) is 18.2 Å². The van der Waals surface area contributed by atoms with E-state index in [0.717, 1.165) is 29.4 Å². The fourth-order valence-corrected chi connectivity index (χ4v) is 3.46. The molecule has 2 heterocycles. The first-order valence-corrected chi connectivity index (χ1v) is 7.74. The van der Waals surface area contributed by atoms with E-state index in [2.05, 4.69) is 0 Å². The fraction of sp³-hybridized carbons (Fsp3) is 0.278. The van der Waals surface area contributed by atoms with Crippen molar-refractivity contribution in [1.29, 1.82) is 0 Å². The molecule has 0 spiro atoms. The molecule has 112 valence electrons. The number of phenols is 1. The van der Waals surface area contributed by atoms with Crippen molar-refractivity contribution in [3.05, 3.63) is 52.4 Å². The highest BCUT2D eigenvalue weighted by Gasteiger charge is 2.21. The molecule has 0 bridgehead atoms. The van der Waals surface area contributed by atoms with E-state index in [0.29, 0.717) is 17.5 Å². The Labute approximate surface area is 127 Å². The van der Waals surface area contributed by atoms with Crippen molar-refractivity contribution in [1.82, 2.24) is 0 Å². The average Bonchev–Trinajstić information content (AvgIpc) is 3.04. The van der Waals surface area contributed by atoms with Crippen LogP contribution in [0, 0.1) is 0 Å². The number of benzene rings is 2. The first-order valence-electron chi connectivity index (χ1n) is 7.74. The van der Waals surface area contributed by atoms with Crippen molar-refractivity contribution < 1.29 is 14.4 Å². The Hall–Kier alpha value is -2.33. The SMILES string of the molecule is O=c1oc2c(C[NH+]3CCCC3)c(O)ccc2c2ccccc12. The van der Waals surface area contributed by atoms with Crippen molar-refractivity contribution in [2.75, 3.05) is 13.1 Å². The normalized spacial score (nSPS) is 15.8. The van der Waals surface area contributed by atoms with Gasteiger partial charge in [-0.2, -0.15) is 0 Å². The van der Waals surface area contributed by atoms with E-state index in [9.17, 15) is 9.90 Å². The molecule has 0 aliphatic carbocycles. The van der Waals surface area contributed by atoms with E-state index in [1.807, 2.05) is 24.3 Å². The van der Waals surface area contributed by atoms with Crippen LogP contribution in [0.3, 0.4) is 0 Å². The second-order valence-corrected chi connectivity index (χ2v) is 6.01. The maximum absolute atomic E-state index is 12.2. The highest BCUT2D eigenvalue weighted by Crippen LogP contribution is 2.30. The van der Waals surface area contributed by atoms with Crippen LogP contribution < -0.4 is 10.5 Å². The minimum atomic E-state index is -0.341. The molecule has 4 nitrogen and oxygen atoms in total. The van der Waals surface area contributed by atoms with Crippen molar-refractivity contribution in [2.24, 2.45) is 0 Å². The molecule has 4 rings (SSSR count). The second kappa shape index (κ2) is 5.14. The van der Waals surface area contributed by atoms with Crippen molar-refractivity contribution in [3.63, 3.8) is 0 Å². The Kier molecular flexibility index (Phi) is 3.12. The molecule has 2 N–H and O–H groups in total. The molecular formula is C18H18NO3+. The molecule has 1 fully saturated rings. The van der Waals surface area contributed by atoms with Gasteiger partial charge in [0.05, 0.1) is 24.0 Å². The molecule has 22 heavy (non-hydrogen) atoms. The number of likely N-dealkylation sites (tertiary alicyclic amines) is 1. The largest absolute Gasteiger partial charge is 0.507 e. The van der Waals surface area contributed by atoms with Gasteiger partial charge in [0.15, 0.2) is 5.58 Å². The maximum atomic E-state index is 12.2. The minimum Gasteiger partial charge on any atom is -0.507 e. The highest BCUT2D eigenvalue weighted by molar-refractivity contribution is 6.05. The van der Waals surface area contributed by atoms with E-state index >= 15 is 0 Å². The number of aromatic hydroxyl groups is 1. The lowest BCUT2D eigenvalue weighted by molar-refractivity contribution is -0.901. The standard InChI is InChI=1S/C18H17NO3/c20-16-8-7-13-12-5-1-2-6-14(12)18(21)22-17(13)15(16)11-19-9-3-4-10-19/h1-2,5-8,20H,3-4,9-11H2/p+1. The molecular weight excluding hydrogens is 278 g/mol. The lowest BCUT2D eigenvalue weighted by atomic mass is 10.0. The fourth-order valence-electron chi connectivity index (χ4n) is 3.46. The van der Waals surface area contributed by atoms with Crippen LogP contribution in [0.1, 0.15) is 18.4 Å². The topological polar surface area (TPSA) is 54.9 Å². The predicted octanol–water partition coefficient (Wildman–Crippen LogP) is 1.83. The van der Waals surface area contributed by atoms with Gasteiger partial charge in [0.25, 0.3) is 0 Å². The number of fused-ring (bicyclic) bond motifs is 3. The van der Waals surface area contributed by atoms with Crippen LogP contribution in [0.4, 0.5) is 0 Å². The zero-order valence-corrected chi connectivity index (χ0v) is 12.3. The van der Waals surface area contributed by atoms with Crippen molar-refractivity contribution in [3.8, 4) is 5.75 Å². The number of nitrogens with one attached hydrogen (secondary N) is 1. The van der Waals surface area contributed by atoms with Gasteiger partial charge in [-0.15, -0.1) is 0 Å². The zero-order chi connectivity index (χ0) is 15.1. The summed E-state index contributed by atoms with van der Waals surface area (Å²) in [5, 5.41) is 12.6. The summed E-state index contributed by atoms with van der Waals surface area (Å²) in [6.07, 6.45) is 2.43. The molecule has 1 aliphatic heterocycles. The van der Waals surface area contributed by atoms with E-state index in [1.54, 1.807) is 12.1 Å². The van der Waals surface area contributed by atoms with Gasteiger partial charge < -0.3 is 14.4 Å². The predicted molar refractivity (Wildman–Crippen MR) is 85.3 cm³/mol. The molecule has 0 unspecified atom stereocenters. The summed E-state index contributed by atoms with van der Waals surface area (Å²) in [4.78, 5) is 13.7. The smallest absolute Gasteiger partial charge is 0.344 e. The molecule has 0 atom stereocenters. The third kappa shape index (κ3) is 2.07. The summed E-state index contributed by atoms with van der Waals surface area (Å²) in [7, 11) is 0. The van der Waals surface area contributed by atoms with Gasteiger partial charge in [0.2, 0.25) is 0 Å². The number of hydrogen-bond acceptors (Lipinski definition) is 3. The molecule has 4 heteroatoms. The molecule has 0 saturated carbocycles. The third-order valence-corrected chi connectivity index (χ3v) is 4.61. The van der Waals surface area contributed by atoms with Crippen molar-refractivity contribution in [2.45, 2.75) is 19.4 Å². The average molecular weight is 296 g/mol. The van der Waals surface area contributed by atoms with Gasteiger partial charge in [-0.1, -0.05) is 18.2 Å². The van der Waals surface area contributed by atoms with Crippen LogP contribution in [-0.4, -0.2) is 18.2 Å². The van der Waals surface area contributed by atoms with Crippen LogP contribution >= 0.6 is 0 Å². The summed E-state index contributed by atoms with van der Waals surface area (Å²) in [5.41, 5.74) is 0.937. The quantitative estimate of drug-likeness (QED) is 0.560. The van der Waals surface area contributed by atoms with E-state index < -0.39 is 0 Å². The lowest BCUT2D eigenvalue weighted by Crippen LogP contribution is -3.08. The number of quaternary nitrogens is 1. The van der Waals surface area contributed by atoms with Gasteiger partial charge in [-0.05, 0) is 23.6 Å². The zero-order valence-electron chi connectivity index (χ0n) is 12.3. The third-order valence-electron chi connectivity index (χ3n) is 4.61. The molecule has 3 aromatic rings. The minimum absolute atomic E-state index is 0.213. The Morgan fingerprint density at radius 1 is 1.00 bits per heavy atom. The summed E-state index contributed by atoms with van der Waals surface area (Å²) < 4.78 is 5.57. The molecule has 1 aliphatic rings. The van der Waals surface area contributed by atoms with Gasteiger partial charge in [-0.3, -0.25) is 0 Å². The van der Waals surface area contributed by atoms with Gasteiger partial charge >= 0.3 is 5.63 Å². The number of phenolic OH excluding ortho intramolecular Hbond substituents is 1. The Balaban J connectivity index is 1.99. The molecule has 2 aromatic carbocycles. The van der Waals surface area contributed by atoms with Crippen LogP contribution in [0.15, 0.2) is 45.6 Å². The van der Waals surface area contributed by atoms with Gasteiger partial charge in [-0.25, -0.2) is 4.79 Å². The van der Waals surface area contributed by atoms with E-state index in [-0.39, 0.29) is 11.4 Å². The Bertz CT molecular complexity index is 907. The first kappa shape index (κ1) is 13.3. The number of hydrogen-bond donors (Lipinski definition) is 2. The van der Waals surface area contributed by atoms with Crippen LogP contribution in [0.25, 0.3) is 21.7 Å². The second-order valence-electron chi connectivity index (χ2n) is 6.01. The summed E-state index contributed by atoms with van der Waals surface area (Å²) in [6, 6.07) is 11.0. The molecule has 1 saturated heterocycles. The Morgan fingerprint density at radius 3 is 2.50 bits per heavy atom. The first-order chi connectivity index (χ1) is 10.7. The maximum Gasteiger partial charge on any atom is 0.344 e. The number of rotatable bonds is 2. The van der Waals surface area contributed by atoms with Gasteiger partial charge in [0.1, 0.15) is 12.3 Å². The van der Waals surface area contributed by atoms with E-state index in [4.69, 9.17) is 4.42 Å². The molecule has 0 radical (unpaired) electrons. The van der Waals surface area contributed by atoms with E-state index in [1.165, 1.54) is 17.7 Å². The van der Waals surface area contributed by atoms with Crippen LogP contribution in [-0.2, 0) is 6.54 Å².